The summed E-state index contributed by atoms with van der Waals surface area (Å²) in [6.45, 7) is 8.22. The zero-order valence-electron chi connectivity index (χ0n) is 11.3. The Morgan fingerprint density at radius 2 is 2.06 bits per heavy atom. The van der Waals surface area contributed by atoms with Crippen molar-refractivity contribution in [3.63, 3.8) is 0 Å². The van der Waals surface area contributed by atoms with Crippen LogP contribution in [0.2, 0.25) is 0 Å². The maximum Gasteiger partial charge on any atom is 0.318 e. The minimum absolute atomic E-state index is 0.0383. The Balaban J connectivity index is 2.47. The fraction of sp³-hybridized carbons (Fsp3) is 0.818. The van der Waals surface area contributed by atoms with Gasteiger partial charge in [0.05, 0.1) is 13.2 Å². The van der Waals surface area contributed by atoms with Crippen LogP contribution in [0.15, 0.2) is 4.42 Å². The summed E-state index contributed by atoms with van der Waals surface area (Å²) >= 11 is 0. The lowest BCUT2D eigenvalue weighted by Crippen LogP contribution is -2.35. The van der Waals surface area contributed by atoms with E-state index in [1.165, 1.54) is 0 Å². The summed E-state index contributed by atoms with van der Waals surface area (Å²) in [5.41, 5.74) is 0.0383. The largest absolute Gasteiger partial charge is 0.407 e. The minimum atomic E-state index is 0.0383. The molecule has 0 aromatic carbocycles. The third-order valence-electron chi connectivity index (χ3n) is 2.18. The van der Waals surface area contributed by atoms with Gasteiger partial charge in [0.25, 0.3) is 0 Å². The molecule has 0 amide bonds. The van der Waals surface area contributed by atoms with Crippen LogP contribution in [0.1, 0.15) is 26.7 Å². The van der Waals surface area contributed by atoms with E-state index in [-0.39, 0.29) is 5.54 Å². The summed E-state index contributed by atoms with van der Waals surface area (Å²) in [6, 6.07) is 0.521. The van der Waals surface area contributed by atoms with E-state index >= 15 is 0 Å². The zero-order chi connectivity index (χ0) is 12.9. The maximum absolute atomic E-state index is 5.52. The molecule has 0 saturated carbocycles. The topological polar surface area (TPSA) is 63.4 Å². The summed E-state index contributed by atoms with van der Waals surface area (Å²) in [5.74, 6) is 0.596. The van der Waals surface area contributed by atoms with E-state index in [4.69, 9.17) is 9.15 Å². The number of hydrogen-bond acceptors (Lipinski definition) is 6. The van der Waals surface area contributed by atoms with Crippen LogP contribution in [0.25, 0.3) is 0 Å². The first-order chi connectivity index (χ1) is 7.92. The van der Waals surface area contributed by atoms with Gasteiger partial charge in [-0.25, -0.2) is 0 Å². The Bertz CT molecular complexity index is 332. The molecule has 1 aromatic heterocycles. The Morgan fingerprint density at radius 3 is 2.65 bits per heavy atom. The molecule has 0 unspecified atom stereocenters. The van der Waals surface area contributed by atoms with Crippen LogP contribution in [0, 0.1) is 0 Å². The summed E-state index contributed by atoms with van der Waals surface area (Å²) in [4.78, 5) is 1.87. The van der Waals surface area contributed by atoms with Crippen LogP contribution < -0.4 is 10.2 Å². The molecule has 0 aliphatic rings. The van der Waals surface area contributed by atoms with Crippen molar-refractivity contribution in [1.29, 1.82) is 0 Å². The third-order valence-corrected chi connectivity index (χ3v) is 2.18. The smallest absolute Gasteiger partial charge is 0.318 e. The number of hydrogen-bond donors (Lipinski definition) is 1. The van der Waals surface area contributed by atoms with Crippen LogP contribution in [0.4, 0.5) is 6.01 Å². The number of rotatable bonds is 6. The van der Waals surface area contributed by atoms with Crippen molar-refractivity contribution in [3.8, 4) is 0 Å². The van der Waals surface area contributed by atoms with Gasteiger partial charge in [0, 0.05) is 26.2 Å². The molecule has 0 atom stereocenters. The summed E-state index contributed by atoms with van der Waals surface area (Å²) in [6.07, 6.45) is 0. The number of likely N-dealkylation sites (N-methyl/N-ethyl adjacent to an activating group) is 1. The zero-order valence-corrected chi connectivity index (χ0v) is 11.3. The van der Waals surface area contributed by atoms with Gasteiger partial charge in [0.15, 0.2) is 0 Å². The van der Waals surface area contributed by atoms with Crippen molar-refractivity contribution in [2.75, 3.05) is 32.2 Å². The van der Waals surface area contributed by atoms with Crippen molar-refractivity contribution in [1.82, 2.24) is 15.5 Å². The number of aromatic nitrogens is 2. The highest BCUT2D eigenvalue weighted by Crippen LogP contribution is 2.10. The molecule has 0 saturated heterocycles. The molecule has 98 valence electrons. The Labute approximate surface area is 102 Å². The van der Waals surface area contributed by atoms with E-state index in [9.17, 15) is 0 Å². The monoisotopic (exact) mass is 242 g/mol. The van der Waals surface area contributed by atoms with Gasteiger partial charge in [-0.15, -0.1) is 5.10 Å². The molecule has 0 bridgehead atoms. The molecule has 0 aliphatic heterocycles. The molecule has 1 N–H and O–H groups in total. The number of nitrogens with zero attached hydrogens (tertiary/aromatic N) is 3. The van der Waals surface area contributed by atoms with Gasteiger partial charge in [-0.2, -0.15) is 0 Å². The van der Waals surface area contributed by atoms with E-state index in [0.29, 0.717) is 25.1 Å². The van der Waals surface area contributed by atoms with Crippen molar-refractivity contribution in [3.05, 3.63) is 5.89 Å². The Morgan fingerprint density at radius 1 is 1.35 bits per heavy atom. The Hall–Kier alpha value is -1.14. The van der Waals surface area contributed by atoms with Gasteiger partial charge in [-0.3, -0.25) is 0 Å². The average molecular weight is 242 g/mol. The van der Waals surface area contributed by atoms with Gasteiger partial charge >= 0.3 is 6.01 Å². The van der Waals surface area contributed by atoms with Crippen LogP contribution in [0.3, 0.4) is 0 Å². The fourth-order valence-electron chi connectivity index (χ4n) is 1.14. The number of methoxy groups -OCH3 is 1. The highest BCUT2D eigenvalue weighted by atomic mass is 16.5. The molecule has 6 heteroatoms. The lowest BCUT2D eigenvalue weighted by atomic mass is 10.1. The number of ether oxygens (including phenoxy) is 1. The molecule has 1 rings (SSSR count). The average Bonchev–Trinajstić information content (AvgIpc) is 2.70. The van der Waals surface area contributed by atoms with Gasteiger partial charge in [0.2, 0.25) is 5.89 Å². The maximum atomic E-state index is 5.52. The summed E-state index contributed by atoms with van der Waals surface area (Å²) in [7, 11) is 3.56. The summed E-state index contributed by atoms with van der Waals surface area (Å²) in [5, 5.41) is 11.3. The molecule has 0 radical (unpaired) electrons. The molecule has 0 aliphatic carbocycles. The first-order valence-electron chi connectivity index (χ1n) is 5.70. The lowest BCUT2D eigenvalue weighted by Gasteiger charge is -2.18. The molecule has 0 spiro atoms. The molecule has 1 aromatic rings. The van der Waals surface area contributed by atoms with Gasteiger partial charge < -0.3 is 19.4 Å². The van der Waals surface area contributed by atoms with Crippen LogP contribution >= 0.6 is 0 Å². The number of nitrogens with one attached hydrogen (secondary N) is 1. The van der Waals surface area contributed by atoms with Crippen LogP contribution in [-0.4, -0.2) is 43.0 Å². The summed E-state index contributed by atoms with van der Waals surface area (Å²) < 4.78 is 10.5. The SMILES string of the molecule is COCCN(C)c1nnc(CNC(C)(C)C)o1. The molecule has 6 nitrogen and oxygen atoms in total. The fourth-order valence-corrected chi connectivity index (χ4v) is 1.14. The first kappa shape index (κ1) is 13.9. The van der Waals surface area contributed by atoms with Crippen molar-refractivity contribution < 1.29 is 9.15 Å². The first-order valence-corrected chi connectivity index (χ1v) is 5.70. The normalized spacial score (nSPS) is 11.8. The molecular weight excluding hydrogens is 220 g/mol. The van der Waals surface area contributed by atoms with E-state index in [0.717, 1.165) is 6.54 Å². The van der Waals surface area contributed by atoms with Gasteiger partial charge in [-0.1, -0.05) is 5.10 Å². The standard InChI is InChI=1S/C11H22N4O2/c1-11(2,3)12-8-9-13-14-10(17-9)15(4)6-7-16-5/h12H,6-8H2,1-5H3. The quantitative estimate of drug-likeness (QED) is 0.804. The second-order valence-electron chi connectivity index (χ2n) is 5.00. The molecule has 0 fully saturated rings. The molecule has 1 heterocycles. The van der Waals surface area contributed by atoms with E-state index in [2.05, 4.69) is 36.3 Å². The minimum Gasteiger partial charge on any atom is -0.407 e. The molecule has 17 heavy (non-hydrogen) atoms. The highest BCUT2D eigenvalue weighted by molar-refractivity contribution is 5.21. The van der Waals surface area contributed by atoms with Crippen molar-refractivity contribution in [2.24, 2.45) is 0 Å². The van der Waals surface area contributed by atoms with E-state index in [1.807, 2.05) is 11.9 Å². The Kier molecular flexibility index (Phi) is 4.89. The highest BCUT2D eigenvalue weighted by Gasteiger charge is 2.13. The van der Waals surface area contributed by atoms with Crippen LogP contribution in [-0.2, 0) is 11.3 Å². The second-order valence-corrected chi connectivity index (χ2v) is 5.00. The van der Waals surface area contributed by atoms with Gasteiger partial charge in [-0.05, 0) is 20.8 Å². The molecular formula is C11H22N4O2. The lowest BCUT2D eigenvalue weighted by molar-refractivity contribution is 0.205. The second kappa shape index (κ2) is 5.97. The van der Waals surface area contributed by atoms with E-state index < -0.39 is 0 Å². The third kappa shape index (κ3) is 5.14. The van der Waals surface area contributed by atoms with Crippen molar-refractivity contribution >= 4 is 6.01 Å². The van der Waals surface area contributed by atoms with Crippen molar-refractivity contribution in [2.45, 2.75) is 32.9 Å². The predicted octanol–water partition coefficient (Wildman–Crippen LogP) is 1.04. The predicted molar refractivity (Wildman–Crippen MR) is 66.0 cm³/mol. The van der Waals surface area contributed by atoms with Crippen LogP contribution in [0.5, 0.6) is 0 Å². The number of anilines is 1. The van der Waals surface area contributed by atoms with E-state index in [1.54, 1.807) is 7.11 Å². The van der Waals surface area contributed by atoms with Gasteiger partial charge in [0.1, 0.15) is 0 Å².